The van der Waals surface area contributed by atoms with Crippen LogP contribution in [0.1, 0.15) is 31.2 Å². The van der Waals surface area contributed by atoms with Crippen molar-refractivity contribution < 1.29 is 5.11 Å². The van der Waals surface area contributed by atoms with Crippen molar-refractivity contribution in [1.82, 2.24) is 15.2 Å². The van der Waals surface area contributed by atoms with Crippen LogP contribution in [0, 0.1) is 11.8 Å². The highest BCUT2D eigenvalue weighted by molar-refractivity contribution is 5.93. The van der Waals surface area contributed by atoms with Gasteiger partial charge in [-0.1, -0.05) is 17.9 Å². The smallest absolute Gasteiger partial charge is 0.153 e. The van der Waals surface area contributed by atoms with Crippen LogP contribution in [0.4, 0.5) is 11.6 Å². The Labute approximate surface area is 145 Å². The number of nitrogens with one attached hydrogen (secondary N) is 1. The third-order valence-electron chi connectivity index (χ3n) is 4.73. The number of fused-ring (bicyclic) bond motifs is 1. The van der Waals surface area contributed by atoms with Gasteiger partial charge in [-0.2, -0.15) is 5.10 Å². The summed E-state index contributed by atoms with van der Waals surface area (Å²) in [6.45, 7) is 0. The van der Waals surface area contributed by atoms with Crippen molar-refractivity contribution in [3.63, 3.8) is 0 Å². The second-order valence-electron chi connectivity index (χ2n) is 6.48. The minimum absolute atomic E-state index is 0.354. The Kier molecular flexibility index (Phi) is 3.59. The molecular weight excluding hydrogens is 314 g/mol. The van der Waals surface area contributed by atoms with E-state index in [4.69, 9.17) is 11.5 Å². The second-order valence-corrected chi connectivity index (χ2v) is 6.48. The van der Waals surface area contributed by atoms with E-state index in [9.17, 15) is 5.11 Å². The summed E-state index contributed by atoms with van der Waals surface area (Å²) in [4.78, 5) is 4.15. The van der Waals surface area contributed by atoms with Crippen molar-refractivity contribution in [2.45, 2.75) is 31.3 Å². The van der Waals surface area contributed by atoms with E-state index in [0.29, 0.717) is 30.0 Å². The maximum absolute atomic E-state index is 10.5. The Morgan fingerprint density at radius 2 is 1.92 bits per heavy atom. The fraction of sp³-hybridized carbons (Fsp3) is 0.263. The van der Waals surface area contributed by atoms with Crippen LogP contribution in [0.5, 0.6) is 0 Å². The molecule has 6 nitrogen and oxygen atoms in total. The molecule has 0 radical (unpaired) electrons. The van der Waals surface area contributed by atoms with E-state index in [1.54, 1.807) is 6.20 Å². The number of nitrogen functional groups attached to an aromatic ring is 2. The van der Waals surface area contributed by atoms with Crippen molar-refractivity contribution in [1.29, 1.82) is 0 Å². The van der Waals surface area contributed by atoms with Gasteiger partial charge in [-0.25, -0.2) is 4.98 Å². The summed E-state index contributed by atoms with van der Waals surface area (Å²) in [6, 6.07) is 7.71. The first kappa shape index (κ1) is 15.5. The number of rotatable bonds is 1. The lowest BCUT2D eigenvalue weighted by Crippen LogP contribution is -2.20. The van der Waals surface area contributed by atoms with Gasteiger partial charge in [0.2, 0.25) is 0 Å². The van der Waals surface area contributed by atoms with Crippen molar-refractivity contribution in [3.05, 3.63) is 36.0 Å². The fourth-order valence-electron chi connectivity index (χ4n) is 3.32. The molecule has 1 aliphatic carbocycles. The van der Waals surface area contributed by atoms with Crippen LogP contribution in [-0.2, 0) is 0 Å². The second kappa shape index (κ2) is 5.80. The number of nitrogens with two attached hydrogens (primary N) is 2. The Bertz CT molecular complexity index is 1010. The number of anilines is 2. The number of hydrogen-bond donors (Lipinski definition) is 4. The summed E-state index contributed by atoms with van der Waals surface area (Å²) in [6.07, 6.45) is 5.05. The molecule has 1 fully saturated rings. The van der Waals surface area contributed by atoms with Gasteiger partial charge in [0.15, 0.2) is 5.82 Å². The van der Waals surface area contributed by atoms with Crippen LogP contribution in [0.15, 0.2) is 30.5 Å². The molecular formula is C19H19N5O. The zero-order chi connectivity index (χ0) is 17.4. The molecule has 0 spiro atoms. The summed E-state index contributed by atoms with van der Waals surface area (Å²) in [7, 11) is 0. The summed E-state index contributed by atoms with van der Waals surface area (Å²) in [5.41, 5.74) is 14.4. The number of hydrogen-bond acceptors (Lipinski definition) is 5. The fourth-order valence-corrected chi connectivity index (χ4v) is 3.32. The normalized spacial score (nSPS) is 15.9. The molecule has 6 heteroatoms. The first-order valence-corrected chi connectivity index (χ1v) is 8.30. The van der Waals surface area contributed by atoms with E-state index in [1.807, 2.05) is 24.3 Å². The summed E-state index contributed by atoms with van der Waals surface area (Å²) >= 11 is 0. The van der Waals surface area contributed by atoms with E-state index >= 15 is 0 Å². The van der Waals surface area contributed by atoms with E-state index in [-0.39, 0.29) is 0 Å². The first-order chi connectivity index (χ1) is 12.1. The molecule has 1 aromatic carbocycles. The quantitative estimate of drug-likeness (QED) is 0.511. The number of aromatic nitrogens is 3. The van der Waals surface area contributed by atoms with Gasteiger partial charge in [0.1, 0.15) is 11.4 Å². The van der Waals surface area contributed by atoms with Crippen LogP contribution in [0.25, 0.3) is 22.0 Å². The molecule has 1 saturated carbocycles. The number of aliphatic hydroxyl groups is 1. The molecule has 1 aliphatic rings. The van der Waals surface area contributed by atoms with Crippen molar-refractivity contribution in [2.24, 2.45) is 0 Å². The van der Waals surface area contributed by atoms with Crippen LogP contribution < -0.4 is 11.5 Å². The average Bonchev–Trinajstić information content (AvgIpc) is 3.20. The average molecular weight is 333 g/mol. The van der Waals surface area contributed by atoms with E-state index in [0.717, 1.165) is 34.9 Å². The topological polar surface area (TPSA) is 114 Å². The van der Waals surface area contributed by atoms with Crippen molar-refractivity contribution >= 4 is 22.5 Å². The van der Waals surface area contributed by atoms with Gasteiger partial charge in [-0.3, -0.25) is 5.10 Å². The van der Waals surface area contributed by atoms with Gasteiger partial charge in [-0.05, 0) is 49.4 Å². The monoisotopic (exact) mass is 333 g/mol. The molecule has 25 heavy (non-hydrogen) atoms. The highest BCUT2D eigenvalue weighted by atomic mass is 16.3. The minimum atomic E-state index is -0.918. The standard InChI is InChI=1S/C19H19N5O/c20-17-14(5-9-19(25)7-1-2-8-19)13(6-10-22-17)12-3-4-16-15(11-12)18(21)24-23-16/h3-4,6,10-11,25H,1-2,7-8H2,(H2,20,22)(H3,21,23,24). The third kappa shape index (κ3) is 2.79. The van der Waals surface area contributed by atoms with Crippen LogP contribution in [0.2, 0.25) is 0 Å². The lowest BCUT2D eigenvalue weighted by Gasteiger charge is -2.13. The lowest BCUT2D eigenvalue weighted by atomic mass is 9.98. The predicted molar refractivity (Wildman–Crippen MR) is 98.4 cm³/mol. The summed E-state index contributed by atoms with van der Waals surface area (Å²) in [5, 5.41) is 18.2. The molecule has 3 aromatic rings. The molecule has 0 saturated heterocycles. The highest BCUT2D eigenvalue weighted by Crippen LogP contribution is 2.31. The molecule has 2 heterocycles. The van der Waals surface area contributed by atoms with Gasteiger partial charge in [-0.15, -0.1) is 0 Å². The molecule has 126 valence electrons. The Morgan fingerprint density at radius 3 is 2.72 bits per heavy atom. The first-order valence-electron chi connectivity index (χ1n) is 8.30. The Morgan fingerprint density at radius 1 is 1.12 bits per heavy atom. The molecule has 0 aliphatic heterocycles. The summed E-state index contributed by atoms with van der Waals surface area (Å²) in [5.74, 6) is 6.89. The van der Waals surface area contributed by atoms with Gasteiger partial charge in [0.25, 0.3) is 0 Å². The molecule has 0 atom stereocenters. The number of pyridine rings is 1. The van der Waals surface area contributed by atoms with E-state index in [2.05, 4.69) is 27.0 Å². The van der Waals surface area contributed by atoms with Gasteiger partial charge < -0.3 is 16.6 Å². The zero-order valence-electron chi connectivity index (χ0n) is 13.7. The zero-order valence-corrected chi connectivity index (χ0v) is 13.7. The maximum atomic E-state index is 10.5. The third-order valence-corrected chi connectivity index (χ3v) is 4.73. The Hall–Kier alpha value is -3.04. The molecule has 0 unspecified atom stereocenters. The van der Waals surface area contributed by atoms with Crippen molar-refractivity contribution in [2.75, 3.05) is 11.5 Å². The number of H-pyrrole nitrogens is 1. The molecule has 0 amide bonds. The lowest BCUT2D eigenvalue weighted by molar-refractivity contribution is 0.110. The largest absolute Gasteiger partial charge is 0.383 e. The van der Waals surface area contributed by atoms with Gasteiger partial charge >= 0.3 is 0 Å². The number of nitrogens with zero attached hydrogens (tertiary/aromatic N) is 2. The highest BCUT2D eigenvalue weighted by Gasteiger charge is 2.28. The van der Waals surface area contributed by atoms with E-state index in [1.165, 1.54) is 0 Å². The van der Waals surface area contributed by atoms with Crippen LogP contribution in [0.3, 0.4) is 0 Å². The SMILES string of the molecule is Nc1nccc(-c2ccc3[nH]nc(N)c3c2)c1C#CC1(O)CCCC1. The van der Waals surface area contributed by atoms with Crippen molar-refractivity contribution in [3.8, 4) is 23.0 Å². The Balaban J connectivity index is 1.83. The molecule has 6 N–H and O–H groups in total. The van der Waals surface area contributed by atoms with Crippen LogP contribution >= 0.6 is 0 Å². The molecule has 2 aromatic heterocycles. The van der Waals surface area contributed by atoms with Gasteiger partial charge in [0, 0.05) is 17.1 Å². The summed E-state index contributed by atoms with van der Waals surface area (Å²) < 4.78 is 0. The molecule has 4 rings (SSSR count). The predicted octanol–water partition coefficient (Wildman–Crippen LogP) is 2.45. The van der Waals surface area contributed by atoms with Crippen LogP contribution in [-0.4, -0.2) is 25.9 Å². The van der Waals surface area contributed by atoms with E-state index < -0.39 is 5.60 Å². The van der Waals surface area contributed by atoms with Gasteiger partial charge in [0.05, 0.1) is 11.1 Å². The number of aromatic amines is 1. The molecule has 0 bridgehead atoms. The number of benzene rings is 1. The maximum Gasteiger partial charge on any atom is 0.153 e. The minimum Gasteiger partial charge on any atom is -0.383 e.